The zero-order chi connectivity index (χ0) is 13.3. The number of benzene rings is 1. The van der Waals surface area contributed by atoms with E-state index in [0.29, 0.717) is 0 Å². The summed E-state index contributed by atoms with van der Waals surface area (Å²) in [6.45, 7) is 2.27. The van der Waals surface area contributed by atoms with Crippen LogP contribution >= 0.6 is 0 Å². The van der Waals surface area contributed by atoms with Gasteiger partial charge in [0.2, 0.25) is 0 Å². The summed E-state index contributed by atoms with van der Waals surface area (Å²) >= 11 is 0. The molecule has 1 N–H and O–H groups in total. The van der Waals surface area contributed by atoms with Crippen LogP contribution in [0, 0.1) is 5.41 Å². The van der Waals surface area contributed by atoms with Crippen LogP contribution in [0.5, 0.6) is 0 Å². The van der Waals surface area contributed by atoms with Crippen molar-refractivity contribution in [2.24, 2.45) is 5.41 Å². The zero-order valence-electron chi connectivity index (χ0n) is 12.1. The summed E-state index contributed by atoms with van der Waals surface area (Å²) in [4.78, 5) is 0. The van der Waals surface area contributed by atoms with Gasteiger partial charge in [0.15, 0.2) is 0 Å². The largest absolute Gasteiger partial charge is 0.388 e. The van der Waals surface area contributed by atoms with Crippen molar-refractivity contribution in [3.05, 3.63) is 35.4 Å². The molecular formula is C18H26O. The highest BCUT2D eigenvalue weighted by atomic mass is 16.3. The summed E-state index contributed by atoms with van der Waals surface area (Å²) in [6, 6.07) is 8.77. The van der Waals surface area contributed by atoms with Gasteiger partial charge in [0.05, 0.1) is 6.10 Å². The van der Waals surface area contributed by atoms with E-state index in [4.69, 9.17) is 0 Å². The van der Waals surface area contributed by atoms with Crippen LogP contribution in [0.2, 0.25) is 0 Å². The third-order valence-electron chi connectivity index (χ3n) is 5.46. The molecule has 2 saturated carbocycles. The second-order valence-electron chi connectivity index (χ2n) is 6.92. The van der Waals surface area contributed by atoms with Crippen LogP contribution in [0.1, 0.15) is 81.4 Å². The van der Waals surface area contributed by atoms with E-state index in [1.54, 1.807) is 0 Å². The van der Waals surface area contributed by atoms with Crippen molar-refractivity contribution in [3.63, 3.8) is 0 Å². The van der Waals surface area contributed by atoms with Gasteiger partial charge in [-0.2, -0.15) is 0 Å². The molecule has 104 valence electrons. The second-order valence-corrected chi connectivity index (χ2v) is 6.92. The van der Waals surface area contributed by atoms with Crippen molar-refractivity contribution < 1.29 is 5.11 Å². The van der Waals surface area contributed by atoms with Crippen LogP contribution in [0.4, 0.5) is 0 Å². The van der Waals surface area contributed by atoms with Crippen LogP contribution in [-0.2, 0) is 0 Å². The summed E-state index contributed by atoms with van der Waals surface area (Å²) in [5, 5.41) is 10.8. The van der Waals surface area contributed by atoms with Gasteiger partial charge in [-0.25, -0.2) is 0 Å². The summed E-state index contributed by atoms with van der Waals surface area (Å²) < 4.78 is 0. The van der Waals surface area contributed by atoms with E-state index in [9.17, 15) is 5.11 Å². The standard InChI is InChI=1S/C18H26O/c1-18(11-3-2-4-12-18)17(19)16-10-6-9-15(13-16)14-7-5-8-14/h6,9-10,13-14,17,19H,2-5,7-8,11-12H2,1H3. The van der Waals surface area contributed by atoms with Crippen LogP contribution in [0.3, 0.4) is 0 Å². The highest BCUT2D eigenvalue weighted by Gasteiger charge is 2.35. The first-order valence-corrected chi connectivity index (χ1v) is 7.97. The molecule has 1 atom stereocenters. The van der Waals surface area contributed by atoms with E-state index in [1.807, 2.05) is 0 Å². The van der Waals surface area contributed by atoms with Gasteiger partial charge in [-0.1, -0.05) is 56.9 Å². The molecule has 19 heavy (non-hydrogen) atoms. The molecule has 2 fully saturated rings. The SMILES string of the molecule is CC1(C(O)c2cccc(C3CCC3)c2)CCCCC1. The first-order chi connectivity index (χ1) is 9.19. The lowest BCUT2D eigenvalue weighted by atomic mass is 9.69. The lowest BCUT2D eigenvalue weighted by molar-refractivity contribution is 0.00811. The first kappa shape index (κ1) is 13.2. The van der Waals surface area contributed by atoms with E-state index in [0.717, 1.165) is 11.5 Å². The molecule has 1 aromatic carbocycles. The number of rotatable bonds is 3. The topological polar surface area (TPSA) is 20.2 Å². The second kappa shape index (κ2) is 5.28. The Morgan fingerprint density at radius 1 is 1.11 bits per heavy atom. The third kappa shape index (κ3) is 2.58. The average Bonchev–Trinajstić information content (AvgIpc) is 2.37. The Bertz CT molecular complexity index is 427. The van der Waals surface area contributed by atoms with Gasteiger partial charge < -0.3 is 5.11 Å². The Morgan fingerprint density at radius 2 is 1.84 bits per heavy atom. The average molecular weight is 258 g/mol. The van der Waals surface area contributed by atoms with Crippen molar-refractivity contribution in [1.29, 1.82) is 0 Å². The predicted octanol–water partition coefficient (Wildman–Crippen LogP) is 4.96. The van der Waals surface area contributed by atoms with Crippen molar-refractivity contribution >= 4 is 0 Å². The molecule has 0 radical (unpaired) electrons. The van der Waals surface area contributed by atoms with Crippen LogP contribution in [-0.4, -0.2) is 5.11 Å². The summed E-state index contributed by atoms with van der Waals surface area (Å²) in [5.41, 5.74) is 2.69. The minimum Gasteiger partial charge on any atom is -0.388 e. The minimum absolute atomic E-state index is 0.0937. The van der Waals surface area contributed by atoms with Crippen molar-refractivity contribution in [3.8, 4) is 0 Å². The fraction of sp³-hybridized carbons (Fsp3) is 0.667. The predicted molar refractivity (Wildman–Crippen MR) is 79.2 cm³/mol. The van der Waals surface area contributed by atoms with Gasteiger partial charge in [-0.15, -0.1) is 0 Å². The lowest BCUT2D eigenvalue weighted by Crippen LogP contribution is -2.28. The molecular weight excluding hydrogens is 232 g/mol. The zero-order valence-corrected chi connectivity index (χ0v) is 12.1. The number of aliphatic hydroxyl groups excluding tert-OH is 1. The molecule has 2 aliphatic rings. The number of aliphatic hydroxyl groups is 1. The smallest absolute Gasteiger partial charge is 0.0843 e. The van der Waals surface area contributed by atoms with Gasteiger partial charge in [0.25, 0.3) is 0 Å². The van der Waals surface area contributed by atoms with E-state index >= 15 is 0 Å². The Hall–Kier alpha value is -0.820. The molecule has 0 spiro atoms. The lowest BCUT2D eigenvalue weighted by Gasteiger charge is -2.38. The van der Waals surface area contributed by atoms with Gasteiger partial charge in [-0.05, 0) is 48.1 Å². The first-order valence-electron chi connectivity index (χ1n) is 7.97. The van der Waals surface area contributed by atoms with Gasteiger partial charge in [0.1, 0.15) is 0 Å². The Labute approximate surface area is 117 Å². The summed E-state index contributed by atoms with van der Waals surface area (Å²) in [5.74, 6) is 0.756. The molecule has 0 heterocycles. The quantitative estimate of drug-likeness (QED) is 0.812. The van der Waals surface area contributed by atoms with Crippen LogP contribution in [0.25, 0.3) is 0 Å². The molecule has 3 rings (SSSR count). The third-order valence-corrected chi connectivity index (χ3v) is 5.46. The van der Waals surface area contributed by atoms with E-state index in [1.165, 1.54) is 56.9 Å². The maximum Gasteiger partial charge on any atom is 0.0843 e. The highest BCUT2D eigenvalue weighted by molar-refractivity contribution is 5.30. The molecule has 1 heteroatoms. The Morgan fingerprint density at radius 3 is 2.47 bits per heavy atom. The maximum absolute atomic E-state index is 10.8. The van der Waals surface area contributed by atoms with Gasteiger partial charge in [-0.3, -0.25) is 0 Å². The van der Waals surface area contributed by atoms with Gasteiger partial charge >= 0.3 is 0 Å². The van der Waals surface area contributed by atoms with E-state index in [-0.39, 0.29) is 11.5 Å². The monoisotopic (exact) mass is 258 g/mol. The Kier molecular flexibility index (Phi) is 3.66. The van der Waals surface area contributed by atoms with E-state index in [2.05, 4.69) is 31.2 Å². The number of hydrogen-bond donors (Lipinski definition) is 1. The molecule has 0 aliphatic heterocycles. The Balaban J connectivity index is 1.80. The highest BCUT2D eigenvalue weighted by Crippen LogP contribution is 2.46. The van der Waals surface area contributed by atoms with Crippen LogP contribution in [0.15, 0.2) is 24.3 Å². The molecule has 0 aromatic heterocycles. The minimum atomic E-state index is -0.284. The molecule has 0 saturated heterocycles. The van der Waals surface area contributed by atoms with Crippen molar-refractivity contribution in [1.82, 2.24) is 0 Å². The molecule has 0 amide bonds. The fourth-order valence-corrected chi connectivity index (χ4v) is 3.76. The summed E-state index contributed by atoms with van der Waals surface area (Å²) in [7, 11) is 0. The van der Waals surface area contributed by atoms with Gasteiger partial charge in [0, 0.05) is 0 Å². The van der Waals surface area contributed by atoms with Crippen molar-refractivity contribution in [2.75, 3.05) is 0 Å². The number of hydrogen-bond acceptors (Lipinski definition) is 1. The fourth-order valence-electron chi connectivity index (χ4n) is 3.76. The molecule has 0 bridgehead atoms. The molecule has 1 aromatic rings. The molecule has 1 nitrogen and oxygen atoms in total. The molecule has 2 aliphatic carbocycles. The van der Waals surface area contributed by atoms with E-state index < -0.39 is 0 Å². The van der Waals surface area contributed by atoms with Crippen LogP contribution < -0.4 is 0 Å². The molecule has 1 unspecified atom stereocenters. The summed E-state index contributed by atoms with van der Waals surface area (Å²) in [6.07, 6.45) is 9.97. The maximum atomic E-state index is 10.8. The van der Waals surface area contributed by atoms with Crippen molar-refractivity contribution in [2.45, 2.75) is 70.3 Å². The normalized spacial score (nSPS) is 24.7.